The molecule has 8 nitrogen and oxygen atoms in total. The van der Waals surface area contributed by atoms with Crippen LogP contribution in [-0.4, -0.2) is 44.8 Å². The van der Waals surface area contributed by atoms with Gasteiger partial charge in [0.25, 0.3) is 5.91 Å². The highest BCUT2D eigenvalue weighted by molar-refractivity contribution is 6.32. The molecule has 0 fully saturated rings. The van der Waals surface area contributed by atoms with Gasteiger partial charge in [-0.25, -0.2) is 4.98 Å². The summed E-state index contributed by atoms with van der Waals surface area (Å²) in [5, 5.41) is 31.0. The Morgan fingerprint density at radius 3 is 2.84 bits per heavy atom. The first-order valence-electron chi connectivity index (χ1n) is 5.19. The molecule has 1 rings (SSSR count). The van der Waals surface area contributed by atoms with Crippen LogP contribution < -0.4 is 5.32 Å². The first kappa shape index (κ1) is 15.3. The summed E-state index contributed by atoms with van der Waals surface area (Å²) in [4.78, 5) is 25.3. The minimum atomic E-state index is -1.51. The highest BCUT2D eigenvalue weighted by Gasteiger charge is 2.26. The predicted octanol–water partition coefficient (Wildman–Crippen LogP) is 0.116. The zero-order valence-corrected chi connectivity index (χ0v) is 10.7. The molecule has 9 heteroatoms. The lowest BCUT2D eigenvalue weighted by molar-refractivity contribution is -0.385. The van der Waals surface area contributed by atoms with Gasteiger partial charge in [0.05, 0.1) is 11.5 Å². The van der Waals surface area contributed by atoms with Crippen LogP contribution in [0.1, 0.15) is 17.3 Å². The van der Waals surface area contributed by atoms with Gasteiger partial charge in [0.1, 0.15) is 11.2 Å². The highest BCUT2D eigenvalue weighted by atomic mass is 35.5. The van der Waals surface area contributed by atoms with Crippen molar-refractivity contribution < 1.29 is 19.9 Å². The van der Waals surface area contributed by atoms with E-state index in [9.17, 15) is 20.0 Å². The molecule has 1 heterocycles. The van der Waals surface area contributed by atoms with E-state index in [2.05, 4.69) is 10.3 Å². The zero-order chi connectivity index (χ0) is 14.6. The number of pyridine rings is 1. The van der Waals surface area contributed by atoms with Gasteiger partial charge in [-0.1, -0.05) is 11.6 Å². The maximum atomic E-state index is 11.8. The van der Waals surface area contributed by atoms with Gasteiger partial charge in [-0.3, -0.25) is 14.9 Å². The van der Waals surface area contributed by atoms with E-state index < -0.39 is 33.9 Å². The Hall–Kier alpha value is -1.77. The van der Waals surface area contributed by atoms with E-state index in [1.165, 1.54) is 6.92 Å². The number of nitrogens with one attached hydrogen (secondary N) is 1. The van der Waals surface area contributed by atoms with E-state index in [1.54, 1.807) is 0 Å². The molecule has 0 aliphatic carbocycles. The Kier molecular flexibility index (Phi) is 4.76. The minimum Gasteiger partial charge on any atom is -0.393 e. The molecule has 1 aromatic heterocycles. The van der Waals surface area contributed by atoms with Crippen molar-refractivity contribution in [2.75, 3.05) is 13.2 Å². The van der Waals surface area contributed by atoms with Crippen LogP contribution in [0.4, 0.5) is 5.69 Å². The Bertz CT molecular complexity index is 506. The highest BCUT2D eigenvalue weighted by Crippen LogP contribution is 2.25. The van der Waals surface area contributed by atoms with Crippen molar-refractivity contribution in [3.63, 3.8) is 0 Å². The van der Waals surface area contributed by atoms with E-state index in [4.69, 9.17) is 16.7 Å². The van der Waals surface area contributed by atoms with Crippen LogP contribution in [0.25, 0.3) is 0 Å². The summed E-state index contributed by atoms with van der Waals surface area (Å²) in [7, 11) is 0. The van der Waals surface area contributed by atoms with Crippen LogP contribution in [0.2, 0.25) is 5.15 Å². The molecule has 1 unspecified atom stereocenters. The topological polar surface area (TPSA) is 126 Å². The van der Waals surface area contributed by atoms with Crippen LogP contribution in [-0.2, 0) is 0 Å². The molecule has 1 atom stereocenters. The van der Waals surface area contributed by atoms with Gasteiger partial charge < -0.3 is 15.5 Å². The number of nitrogens with zero attached hydrogens (tertiary/aromatic N) is 2. The molecule has 0 aromatic carbocycles. The maximum absolute atomic E-state index is 11.8. The van der Waals surface area contributed by atoms with Gasteiger partial charge in [0.15, 0.2) is 0 Å². The first-order valence-corrected chi connectivity index (χ1v) is 5.56. The Morgan fingerprint density at radius 2 is 2.32 bits per heavy atom. The largest absolute Gasteiger partial charge is 0.393 e. The quantitative estimate of drug-likeness (QED) is 0.401. The molecule has 0 aliphatic heterocycles. The van der Waals surface area contributed by atoms with Gasteiger partial charge in [0, 0.05) is 12.7 Å². The predicted molar refractivity (Wildman–Crippen MR) is 65.9 cm³/mol. The number of carbonyl (C=O) groups is 1. The second-order valence-corrected chi connectivity index (χ2v) is 4.45. The number of aliphatic hydroxyl groups is 2. The minimum absolute atomic E-state index is 0.264. The molecule has 1 amide bonds. The standard InChI is InChI=1S/C10H12ClN3O5/c1-10(17,5-15)4-13-9(16)6-2-3-12-8(11)7(6)14(18)19/h2-3,15,17H,4-5H2,1H3,(H,13,16). The van der Waals surface area contributed by atoms with Crippen LogP contribution in [0.15, 0.2) is 12.3 Å². The van der Waals surface area contributed by atoms with Gasteiger partial charge in [0.2, 0.25) is 5.15 Å². The molecule has 0 saturated carbocycles. The normalized spacial score (nSPS) is 13.7. The molecule has 0 aliphatic rings. The zero-order valence-electron chi connectivity index (χ0n) is 9.96. The molecule has 0 spiro atoms. The number of hydrogen-bond acceptors (Lipinski definition) is 6. The summed E-state index contributed by atoms with van der Waals surface area (Å²) in [6.07, 6.45) is 1.16. The number of aliphatic hydroxyl groups excluding tert-OH is 1. The number of nitro groups is 1. The summed E-state index contributed by atoms with van der Waals surface area (Å²) in [6, 6.07) is 1.15. The lowest BCUT2D eigenvalue weighted by Crippen LogP contribution is -2.43. The molecule has 0 radical (unpaired) electrons. The molecule has 104 valence electrons. The van der Waals surface area contributed by atoms with Crippen molar-refractivity contribution >= 4 is 23.2 Å². The molecule has 3 N–H and O–H groups in total. The SMILES string of the molecule is CC(O)(CO)CNC(=O)c1ccnc(Cl)c1[N+](=O)[O-]. The van der Waals surface area contributed by atoms with Crippen molar-refractivity contribution in [1.82, 2.24) is 10.3 Å². The van der Waals surface area contributed by atoms with Crippen molar-refractivity contribution in [2.24, 2.45) is 0 Å². The fourth-order valence-corrected chi connectivity index (χ4v) is 1.43. The van der Waals surface area contributed by atoms with Crippen LogP contribution in [0.5, 0.6) is 0 Å². The van der Waals surface area contributed by atoms with E-state index in [-0.39, 0.29) is 12.1 Å². The van der Waals surface area contributed by atoms with Gasteiger partial charge >= 0.3 is 5.69 Å². The molecular formula is C10H12ClN3O5. The van der Waals surface area contributed by atoms with Gasteiger partial charge in [-0.05, 0) is 13.0 Å². The summed E-state index contributed by atoms with van der Waals surface area (Å²) >= 11 is 5.56. The average molecular weight is 290 g/mol. The fourth-order valence-electron chi connectivity index (χ4n) is 1.21. The fraction of sp³-hybridized carbons (Fsp3) is 0.400. The number of hydrogen-bond donors (Lipinski definition) is 3. The molecule has 19 heavy (non-hydrogen) atoms. The maximum Gasteiger partial charge on any atom is 0.319 e. The lowest BCUT2D eigenvalue weighted by atomic mass is 10.1. The second kappa shape index (κ2) is 5.91. The molecular weight excluding hydrogens is 278 g/mol. The summed E-state index contributed by atoms with van der Waals surface area (Å²) in [5.74, 6) is -0.787. The van der Waals surface area contributed by atoms with Crippen molar-refractivity contribution in [2.45, 2.75) is 12.5 Å². The molecule has 0 bridgehead atoms. The smallest absolute Gasteiger partial charge is 0.319 e. The first-order chi connectivity index (χ1) is 8.78. The van der Waals surface area contributed by atoms with E-state index in [0.29, 0.717) is 0 Å². The van der Waals surface area contributed by atoms with E-state index in [1.807, 2.05) is 0 Å². The number of rotatable bonds is 5. The number of amides is 1. The Labute approximate surface area is 113 Å². The van der Waals surface area contributed by atoms with Crippen LogP contribution >= 0.6 is 11.6 Å². The third-order valence-corrected chi connectivity index (χ3v) is 2.55. The average Bonchev–Trinajstić information content (AvgIpc) is 2.35. The van der Waals surface area contributed by atoms with E-state index in [0.717, 1.165) is 12.3 Å². The van der Waals surface area contributed by atoms with Crippen molar-refractivity contribution in [3.8, 4) is 0 Å². The van der Waals surface area contributed by atoms with Crippen molar-refractivity contribution in [3.05, 3.63) is 33.1 Å². The Morgan fingerprint density at radius 1 is 1.68 bits per heavy atom. The van der Waals surface area contributed by atoms with Gasteiger partial charge in [-0.15, -0.1) is 0 Å². The summed E-state index contributed by atoms with van der Waals surface area (Å²) in [6.45, 7) is 0.479. The van der Waals surface area contributed by atoms with E-state index >= 15 is 0 Å². The van der Waals surface area contributed by atoms with Gasteiger partial charge in [-0.2, -0.15) is 0 Å². The lowest BCUT2D eigenvalue weighted by Gasteiger charge is -2.20. The van der Waals surface area contributed by atoms with Crippen molar-refractivity contribution in [1.29, 1.82) is 0 Å². The third kappa shape index (κ3) is 3.85. The summed E-state index contributed by atoms with van der Waals surface area (Å²) in [5.41, 5.74) is -2.38. The third-order valence-electron chi connectivity index (χ3n) is 2.28. The van der Waals surface area contributed by atoms with Crippen LogP contribution in [0.3, 0.4) is 0 Å². The summed E-state index contributed by atoms with van der Waals surface area (Å²) < 4.78 is 0. The molecule has 1 aromatic rings. The second-order valence-electron chi connectivity index (χ2n) is 4.09. The number of halogens is 1. The Balaban J connectivity index is 2.95. The molecule has 0 saturated heterocycles. The monoisotopic (exact) mass is 289 g/mol. The van der Waals surface area contributed by atoms with Crippen LogP contribution in [0, 0.1) is 10.1 Å². The number of aromatic nitrogens is 1. The number of carbonyl (C=O) groups excluding carboxylic acids is 1.